The van der Waals surface area contributed by atoms with E-state index >= 15 is 0 Å². The number of nitrogens with two attached hydrogens (primary N) is 2. The van der Waals surface area contributed by atoms with Gasteiger partial charge in [-0.1, -0.05) is 25.5 Å². The number of benzene rings is 2. The Morgan fingerprint density at radius 2 is 1.47 bits per heavy atom. The third kappa shape index (κ3) is 6.86. The van der Waals surface area contributed by atoms with Gasteiger partial charge in [0.15, 0.2) is 0 Å². The lowest BCUT2D eigenvalue weighted by Crippen LogP contribution is -2.12. The van der Waals surface area contributed by atoms with Crippen LogP contribution in [0.15, 0.2) is 42.5 Å². The van der Waals surface area contributed by atoms with Gasteiger partial charge in [0.2, 0.25) is 0 Å². The van der Waals surface area contributed by atoms with E-state index < -0.39 is 0 Å². The summed E-state index contributed by atoms with van der Waals surface area (Å²) in [4.78, 5) is 0. The SMILES string of the molecule is CCC1CCC(c2ccc(OCCCCCCOc3ccc(N)cc3N)cc2)CC1. The molecule has 0 aromatic heterocycles. The molecular weight excluding hydrogens is 372 g/mol. The van der Waals surface area contributed by atoms with Crippen molar-refractivity contribution in [2.75, 3.05) is 24.7 Å². The molecule has 0 heterocycles. The number of hydrogen-bond donors (Lipinski definition) is 2. The average Bonchev–Trinajstić information content (AvgIpc) is 2.77. The highest BCUT2D eigenvalue weighted by Gasteiger charge is 2.21. The third-order valence-corrected chi connectivity index (χ3v) is 6.37. The van der Waals surface area contributed by atoms with E-state index in [1.54, 1.807) is 6.07 Å². The van der Waals surface area contributed by atoms with Crippen LogP contribution in [0.2, 0.25) is 0 Å². The minimum atomic E-state index is 0.600. The van der Waals surface area contributed by atoms with Gasteiger partial charge in [-0.3, -0.25) is 0 Å². The van der Waals surface area contributed by atoms with E-state index in [0.717, 1.165) is 55.6 Å². The van der Waals surface area contributed by atoms with Crippen molar-refractivity contribution in [3.8, 4) is 11.5 Å². The van der Waals surface area contributed by atoms with Crippen LogP contribution in [0.5, 0.6) is 11.5 Å². The van der Waals surface area contributed by atoms with Gasteiger partial charge in [-0.15, -0.1) is 0 Å². The summed E-state index contributed by atoms with van der Waals surface area (Å²) in [5.74, 6) is 3.40. The lowest BCUT2D eigenvalue weighted by atomic mass is 9.78. The maximum atomic E-state index is 5.93. The molecule has 0 spiro atoms. The smallest absolute Gasteiger partial charge is 0.142 e. The third-order valence-electron chi connectivity index (χ3n) is 6.37. The Morgan fingerprint density at radius 3 is 2.10 bits per heavy atom. The van der Waals surface area contributed by atoms with Crippen LogP contribution in [0.4, 0.5) is 11.4 Å². The minimum Gasteiger partial charge on any atom is -0.494 e. The zero-order chi connectivity index (χ0) is 21.2. The molecule has 1 fully saturated rings. The molecule has 2 aromatic rings. The molecule has 0 bridgehead atoms. The van der Waals surface area contributed by atoms with Crippen LogP contribution in [0.1, 0.15) is 76.2 Å². The van der Waals surface area contributed by atoms with Crippen LogP contribution >= 0.6 is 0 Å². The van der Waals surface area contributed by atoms with E-state index in [4.69, 9.17) is 20.9 Å². The molecule has 4 heteroatoms. The average molecular weight is 411 g/mol. The lowest BCUT2D eigenvalue weighted by Gasteiger charge is -2.28. The summed E-state index contributed by atoms with van der Waals surface area (Å²) in [5, 5.41) is 0. The normalized spacial score (nSPS) is 18.8. The molecule has 1 aliphatic rings. The zero-order valence-corrected chi connectivity index (χ0v) is 18.4. The second-order valence-corrected chi connectivity index (χ2v) is 8.60. The molecule has 1 aliphatic carbocycles. The van der Waals surface area contributed by atoms with Crippen LogP contribution in [-0.4, -0.2) is 13.2 Å². The van der Waals surface area contributed by atoms with Gasteiger partial charge >= 0.3 is 0 Å². The highest BCUT2D eigenvalue weighted by atomic mass is 16.5. The molecule has 0 radical (unpaired) electrons. The number of unbranched alkanes of at least 4 members (excludes halogenated alkanes) is 3. The number of rotatable bonds is 11. The Morgan fingerprint density at radius 1 is 0.800 bits per heavy atom. The van der Waals surface area contributed by atoms with E-state index in [-0.39, 0.29) is 0 Å². The molecule has 0 aliphatic heterocycles. The van der Waals surface area contributed by atoms with Gasteiger partial charge in [0.05, 0.1) is 18.9 Å². The van der Waals surface area contributed by atoms with Crippen molar-refractivity contribution in [1.29, 1.82) is 0 Å². The lowest BCUT2D eigenvalue weighted by molar-refractivity contribution is 0.288. The quantitative estimate of drug-likeness (QED) is 0.325. The maximum absolute atomic E-state index is 5.93. The second-order valence-electron chi connectivity index (χ2n) is 8.60. The van der Waals surface area contributed by atoms with Gasteiger partial charge in [-0.25, -0.2) is 0 Å². The molecule has 4 N–H and O–H groups in total. The van der Waals surface area contributed by atoms with Crippen molar-refractivity contribution in [2.24, 2.45) is 5.92 Å². The Balaban J connectivity index is 1.25. The zero-order valence-electron chi connectivity index (χ0n) is 18.4. The molecule has 1 saturated carbocycles. The Bertz CT molecular complexity index is 752. The molecule has 0 amide bonds. The summed E-state index contributed by atoms with van der Waals surface area (Å²) in [6.45, 7) is 3.77. The van der Waals surface area contributed by atoms with Gasteiger partial charge in [-0.2, -0.15) is 0 Å². The number of anilines is 2. The van der Waals surface area contributed by atoms with Gasteiger partial charge < -0.3 is 20.9 Å². The fourth-order valence-electron chi connectivity index (χ4n) is 4.37. The first kappa shape index (κ1) is 22.3. The molecule has 164 valence electrons. The predicted molar refractivity (Wildman–Crippen MR) is 126 cm³/mol. The van der Waals surface area contributed by atoms with E-state index in [2.05, 4.69) is 31.2 Å². The van der Waals surface area contributed by atoms with Crippen molar-refractivity contribution in [1.82, 2.24) is 0 Å². The fraction of sp³-hybridized carbons (Fsp3) is 0.538. The van der Waals surface area contributed by atoms with Gasteiger partial charge in [0.25, 0.3) is 0 Å². The fourth-order valence-corrected chi connectivity index (χ4v) is 4.37. The second kappa shape index (κ2) is 11.7. The summed E-state index contributed by atoms with van der Waals surface area (Å²) in [7, 11) is 0. The van der Waals surface area contributed by atoms with Crippen LogP contribution in [0, 0.1) is 5.92 Å². The summed E-state index contributed by atoms with van der Waals surface area (Å²) >= 11 is 0. The molecule has 0 unspecified atom stereocenters. The first-order valence-electron chi connectivity index (χ1n) is 11.7. The van der Waals surface area contributed by atoms with Crippen molar-refractivity contribution in [3.05, 3.63) is 48.0 Å². The van der Waals surface area contributed by atoms with Gasteiger partial charge in [0, 0.05) is 5.69 Å². The summed E-state index contributed by atoms with van der Waals surface area (Å²) in [6, 6.07) is 14.2. The largest absolute Gasteiger partial charge is 0.494 e. The van der Waals surface area contributed by atoms with E-state index in [1.807, 2.05) is 12.1 Å². The highest BCUT2D eigenvalue weighted by Crippen LogP contribution is 2.37. The van der Waals surface area contributed by atoms with Crippen LogP contribution < -0.4 is 20.9 Å². The highest BCUT2D eigenvalue weighted by molar-refractivity contribution is 5.60. The van der Waals surface area contributed by atoms with Crippen LogP contribution in [-0.2, 0) is 0 Å². The first-order valence-corrected chi connectivity index (χ1v) is 11.7. The molecule has 3 rings (SSSR count). The molecular formula is C26H38N2O2. The first-order chi connectivity index (χ1) is 14.7. The van der Waals surface area contributed by atoms with Crippen LogP contribution in [0.3, 0.4) is 0 Å². The predicted octanol–water partition coefficient (Wildman–Crippen LogP) is 6.55. The molecule has 0 saturated heterocycles. The van der Waals surface area contributed by atoms with Gasteiger partial charge in [-0.05, 0) is 99.1 Å². The minimum absolute atomic E-state index is 0.600. The summed E-state index contributed by atoms with van der Waals surface area (Å²) in [5.41, 5.74) is 14.3. The maximum Gasteiger partial charge on any atom is 0.142 e. The van der Waals surface area contributed by atoms with Crippen molar-refractivity contribution < 1.29 is 9.47 Å². The Kier molecular flexibility index (Phi) is 8.73. The molecule has 2 aromatic carbocycles. The topological polar surface area (TPSA) is 70.5 Å². The standard InChI is InChI=1S/C26H38N2O2/c1-2-20-7-9-21(10-8-20)22-11-14-24(15-12-22)29-17-5-3-4-6-18-30-26-16-13-23(27)19-25(26)28/h11-16,19-21H,2-10,17-18,27-28H2,1H3. The molecule has 4 nitrogen and oxygen atoms in total. The molecule has 30 heavy (non-hydrogen) atoms. The van der Waals surface area contributed by atoms with E-state index in [1.165, 1.54) is 37.7 Å². The number of nitrogen functional groups attached to an aromatic ring is 2. The van der Waals surface area contributed by atoms with Gasteiger partial charge in [0.1, 0.15) is 11.5 Å². The van der Waals surface area contributed by atoms with E-state index in [9.17, 15) is 0 Å². The van der Waals surface area contributed by atoms with Crippen molar-refractivity contribution >= 4 is 11.4 Å². The molecule has 0 atom stereocenters. The monoisotopic (exact) mass is 410 g/mol. The van der Waals surface area contributed by atoms with E-state index in [0.29, 0.717) is 18.0 Å². The summed E-state index contributed by atoms with van der Waals surface area (Å²) in [6.07, 6.45) is 11.1. The number of hydrogen-bond acceptors (Lipinski definition) is 4. The van der Waals surface area contributed by atoms with Crippen molar-refractivity contribution in [2.45, 2.75) is 70.6 Å². The van der Waals surface area contributed by atoms with Crippen LogP contribution in [0.25, 0.3) is 0 Å². The Labute approximate surface area is 181 Å². The number of ether oxygens (including phenoxy) is 2. The Hall–Kier alpha value is -2.36. The summed E-state index contributed by atoms with van der Waals surface area (Å²) < 4.78 is 11.7. The van der Waals surface area contributed by atoms with Crippen molar-refractivity contribution in [3.63, 3.8) is 0 Å².